The molecule has 0 bridgehead atoms. The number of hydrogen-bond acceptors (Lipinski definition) is 2. The van der Waals surface area contributed by atoms with Crippen LogP contribution in [0.3, 0.4) is 0 Å². The first-order valence-corrected chi connectivity index (χ1v) is 6.70. The zero-order valence-corrected chi connectivity index (χ0v) is 11.2. The molecule has 1 aromatic carbocycles. The molecular weight excluding hydrogens is 224 g/mol. The van der Waals surface area contributed by atoms with E-state index >= 15 is 0 Å². The van der Waals surface area contributed by atoms with E-state index in [1.807, 2.05) is 6.26 Å². The molecule has 2 aliphatic carbocycles. The van der Waals surface area contributed by atoms with Crippen LogP contribution in [0, 0.1) is 5.41 Å². The molecule has 0 radical (unpaired) electrons. The third-order valence-corrected chi connectivity index (χ3v) is 4.50. The van der Waals surface area contributed by atoms with Crippen molar-refractivity contribution in [3.8, 4) is 5.75 Å². The number of benzene rings is 1. The third kappa shape index (κ3) is 1.63. The van der Waals surface area contributed by atoms with E-state index in [0.29, 0.717) is 5.41 Å². The third-order valence-electron chi connectivity index (χ3n) is 4.50. The predicted octanol–water partition coefficient (Wildman–Crippen LogP) is 3.80. The molecule has 0 unspecified atom stereocenters. The summed E-state index contributed by atoms with van der Waals surface area (Å²) in [7, 11) is 3.47. The lowest BCUT2D eigenvalue weighted by atomic mass is 9.79. The minimum absolute atomic E-state index is 0.338. The van der Waals surface area contributed by atoms with Crippen molar-refractivity contribution in [1.82, 2.24) is 0 Å². The summed E-state index contributed by atoms with van der Waals surface area (Å²) in [6.45, 7) is 0. The molecule has 0 saturated heterocycles. The van der Waals surface area contributed by atoms with Crippen LogP contribution < -0.4 is 4.74 Å². The van der Waals surface area contributed by atoms with Crippen molar-refractivity contribution in [2.75, 3.05) is 14.2 Å². The SMILES string of the molecule is COC=C1c2cc(OC)ccc2CC12CCCC2. The van der Waals surface area contributed by atoms with Crippen molar-refractivity contribution in [2.24, 2.45) is 5.41 Å². The summed E-state index contributed by atoms with van der Waals surface area (Å²) >= 11 is 0. The maximum atomic E-state index is 5.35. The minimum atomic E-state index is 0.338. The van der Waals surface area contributed by atoms with Gasteiger partial charge in [-0.3, -0.25) is 0 Å². The summed E-state index contributed by atoms with van der Waals surface area (Å²) in [4.78, 5) is 0. The van der Waals surface area contributed by atoms with Crippen molar-refractivity contribution < 1.29 is 9.47 Å². The van der Waals surface area contributed by atoms with E-state index in [9.17, 15) is 0 Å². The minimum Gasteiger partial charge on any atom is -0.504 e. The maximum absolute atomic E-state index is 5.35. The van der Waals surface area contributed by atoms with Gasteiger partial charge in [-0.2, -0.15) is 0 Å². The molecule has 0 heterocycles. The Hall–Kier alpha value is -1.44. The molecule has 2 nitrogen and oxygen atoms in total. The highest BCUT2D eigenvalue weighted by Gasteiger charge is 2.44. The van der Waals surface area contributed by atoms with Crippen molar-refractivity contribution >= 4 is 5.57 Å². The van der Waals surface area contributed by atoms with Gasteiger partial charge < -0.3 is 9.47 Å². The monoisotopic (exact) mass is 244 g/mol. The molecule has 2 heteroatoms. The van der Waals surface area contributed by atoms with Gasteiger partial charge in [0, 0.05) is 11.0 Å². The molecule has 0 atom stereocenters. The van der Waals surface area contributed by atoms with Crippen LogP contribution in [0.1, 0.15) is 36.8 Å². The lowest BCUT2D eigenvalue weighted by Crippen LogP contribution is -2.15. The Bertz CT molecular complexity index is 482. The average Bonchev–Trinajstić information content (AvgIpc) is 2.97. The summed E-state index contributed by atoms with van der Waals surface area (Å²) in [6, 6.07) is 6.44. The van der Waals surface area contributed by atoms with E-state index in [1.165, 1.54) is 48.8 Å². The van der Waals surface area contributed by atoms with Crippen molar-refractivity contribution in [1.29, 1.82) is 0 Å². The Morgan fingerprint density at radius 3 is 2.61 bits per heavy atom. The first kappa shape index (κ1) is 11.6. The summed E-state index contributed by atoms with van der Waals surface area (Å²) < 4.78 is 10.7. The number of methoxy groups -OCH3 is 2. The highest BCUT2D eigenvalue weighted by molar-refractivity contribution is 5.78. The fourth-order valence-electron chi connectivity index (χ4n) is 3.64. The van der Waals surface area contributed by atoms with Gasteiger partial charge in [0.25, 0.3) is 0 Å². The summed E-state index contributed by atoms with van der Waals surface area (Å²) in [5.41, 5.74) is 4.50. The van der Waals surface area contributed by atoms with E-state index in [2.05, 4.69) is 18.2 Å². The van der Waals surface area contributed by atoms with Crippen LogP contribution in [0.5, 0.6) is 5.75 Å². The van der Waals surface area contributed by atoms with Gasteiger partial charge in [0.15, 0.2) is 0 Å². The van der Waals surface area contributed by atoms with Gasteiger partial charge in [-0.1, -0.05) is 18.9 Å². The highest BCUT2D eigenvalue weighted by atomic mass is 16.5. The second kappa shape index (κ2) is 4.34. The Morgan fingerprint density at radius 1 is 1.17 bits per heavy atom. The van der Waals surface area contributed by atoms with E-state index in [-0.39, 0.29) is 0 Å². The first-order valence-electron chi connectivity index (χ1n) is 6.70. The summed E-state index contributed by atoms with van der Waals surface area (Å²) in [5, 5.41) is 0. The second-order valence-corrected chi connectivity index (χ2v) is 5.45. The Labute approximate surface area is 109 Å². The Balaban J connectivity index is 2.09. The average molecular weight is 244 g/mol. The molecule has 1 aromatic rings. The fraction of sp³-hybridized carbons (Fsp3) is 0.500. The molecule has 18 heavy (non-hydrogen) atoms. The quantitative estimate of drug-likeness (QED) is 0.737. The van der Waals surface area contributed by atoms with E-state index in [4.69, 9.17) is 9.47 Å². The molecular formula is C16H20O2. The number of hydrogen-bond donors (Lipinski definition) is 0. The van der Waals surface area contributed by atoms with Gasteiger partial charge in [-0.15, -0.1) is 0 Å². The summed E-state index contributed by atoms with van der Waals surface area (Å²) in [6.07, 6.45) is 8.38. The highest BCUT2D eigenvalue weighted by Crippen LogP contribution is 2.56. The van der Waals surface area contributed by atoms with E-state index < -0.39 is 0 Å². The lowest BCUT2D eigenvalue weighted by Gasteiger charge is -2.24. The number of ether oxygens (including phenoxy) is 2. The second-order valence-electron chi connectivity index (χ2n) is 5.45. The largest absolute Gasteiger partial charge is 0.504 e. The molecule has 0 aromatic heterocycles. The smallest absolute Gasteiger partial charge is 0.119 e. The number of fused-ring (bicyclic) bond motifs is 1. The number of allylic oxidation sites excluding steroid dienone is 1. The standard InChI is InChI=1S/C16H20O2/c1-17-11-15-14-9-13(18-2)6-5-12(14)10-16(15)7-3-4-8-16/h5-6,9,11H,3-4,7-8,10H2,1-2H3. The van der Waals surface area contributed by atoms with E-state index in [0.717, 1.165) is 5.75 Å². The maximum Gasteiger partial charge on any atom is 0.119 e. The van der Waals surface area contributed by atoms with Gasteiger partial charge in [-0.05, 0) is 42.5 Å². The zero-order chi connectivity index (χ0) is 12.6. The molecule has 2 aliphatic rings. The molecule has 3 rings (SSSR count). The molecule has 1 spiro atoms. The summed E-state index contributed by atoms with van der Waals surface area (Å²) in [5.74, 6) is 0.936. The Kier molecular flexibility index (Phi) is 2.81. The molecule has 96 valence electrons. The normalized spacial score (nSPS) is 22.4. The molecule has 0 amide bonds. The van der Waals surface area contributed by atoms with Gasteiger partial charge >= 0.3 is 0 Å². The Morgan fingerprint density at radius 2 is 1.94 bits per heavy atom. The van der Waals surface area contributed by atoms with Gasteiger partial charge in [0.1, 0.15) is 5.75 Å². The van der Waals surface area contributed by atoms with Crippen LogP contribution in [0.4, 0.5) is 0 Å². The van der Waals surface area contributed by atoms with Gasteiger partial charge in [0.2, 0.25) is 0 Å². The molecule has 0 aliphatic heterocycles. The number of rotatable bonds is 2. The van der Waals surface area contributed by atoms with Crippen molar-refractivity contribution in [3.05, 3.63) is 35.6 Å². The topological polar surface area (TPSA) is 18.5 Å². The molecule has 1 saturated carbocycles. The van der Waals surface area contributed by atoms with Crippen LogP contribution in [0.2, 0.25) is 0 Å². The van der Waals surface area contributed by atoms with Crippen molar-refractivity contribution in [3.63, 3.8) is 0 Å². The van der Waals surface area contributed by atoms with Crippen LogP contribution in [-0.4, -0.2) is 14.2 Å². The van der Waals surface area contributed by atoms with Gasteiger partial charge in [-0.25, -0.2) is 0 Å². The first-order chi connectivity index (χ1) is 8.79. The zero-order valence-electron chi connectivity index (χ0n) is 11.2. The lowest BCUT2D eigenvalue weighted by molar-refractivity contribution is 0.328. The van der Waals surface area contributed by atoms with Crippen LogP contribution in [0.15, 0.2) is 24.5 Å². The predicted molar refractivity (Wildman–Crippen MR) is 72.6 cm³/mol. The van der Waals surface area contributed by atoms with E-state index in [1.54, 1.807) is 14.2 Å². The van der Waals surface area contributed by atoms with Crippen LogP contribution >= 0.6 is 0 Å². The van der Waals surface area contributed by atoms with Crippen LogP contribution in [0.25, 0.3) is 5.57 Å². The fourth-order valence-corrected chi connectivity index (χ4v) is 3.64. The van der Waals surface area contributed by atoms with Crippen molar-refractivity contribution in [2.45, 2.75) is 32.1 Å². The van der Waals surface area contributed by atoms with Crippen LogP contribution in [-0.2, 0) is 11.2 Å². The molecule has 1 fully saturated rings. The molecule has 0 N–H and O–H groups in total. The van der Waals surface area contributed by atoms with Gasteiger partial charge in [0.05, 0.1) is 20.5 Å².